The van der Waals surface area contributed by atoms with Crippen molar-refractivity contribution in [3.05, 3.63) is 23.8 Å². The molecule has 0 saturated carbocycles. The van der Waals surface area contributed by atoms with Gasteiger partial charge in [-0.2, -0.15) is 0 Å². The Balaban J connectivity index is 0.796. The molecule has 1 saturated heterocycles. The number of ether oxygens (including phenoxy) is 12. The van der Waals surface area contributed by atoms with Gasteiger partial charge in [0.1, 0.15) is 12.7 Å². The zero-order valence-electron chi connectivity index (χ0n) is 35.2. The van der Waals surface area contributed by atoms with Gasteiger partial charge in [0.15, 0.2) is 11.5 Å². The molecular formula is C39H60N6O17. The lowest BCUT2D eigenvalue weighted by Crippen LogP contribution is -2.32. The highest BCUT2D eigenvalue weighted by Gasteiger charge is 2.32. The largest absolute Gasteiger partial charge is 0.490 e. The van der Waals surface area contributed by atoms with Crippen LogP contribution in [0.1, 0.15) is 56.6 Å². The number of aromatic nitrogens is 4. The van der Waals surface area contributed by atoms with Gasteiger partial charge < -0.3 is 67.0 Å². The second-order valence-electron chi connectivity index (χ2n) is 13.3. The number of rotatable bonds is 35. The molecule has 1 N–H and O–H groups in total. The Morgan fingerprint density at radius 1 is 0.613 bits per heavy atom. The summed E-state index contributed by atoms with van der Waals surface area (Å²) in [7, 11) is 0. The summed E-state index contributed by atoms with van der Waals surface area (Å²) in [5.41, 5.74) is 0. The van der Waals surface area contributed by atoms with Gasteiger partial charge >= 0.3 is 12.1 Å². The number of alkyl carbamates (subject to hydrolysis) is 1. The molecule has 1 fully saturated rings. The van der Waals surface area contributed by atoms with Gasteiger partial charge in [-0.25, -0.2) is 9.59 Å². The number of hydrogen-bond acceptors (Lipinski definition) is 21. The maximum atomic E-state index is 12.1. The maximum absolute atomic E-state index is 12.1. The summed E-state index contributed by atoms with van der Waals surface area (Å²) in [6.45, 7) is 7.85. The molecule has 1 unspecified atom stereocenters. The number of carbonyl (C=O) groups is 4. The van der Waals surface area contributed by atoms with Crippen LogP contribution in [-0.4, -0.2) is 194 Å². The van der Waals surface area contributed by atoms with Crippen LogP contribution in [0.4, 0.5) is 4.79 Å². The molecule has 23 nitrogen and oxygen atoms in total. The molecule has 62 heavy (non-hydrogen) atoms. The Hall–Kier alpha value is -4.46. The number of nitrogens with one attached hydrogen (secondary N) is 1. The first-order valence-electron chi connectivity index (χ1n) is 20.9. The van der Waals surface area contributed by atoms with Crippen LogP contribution in [0, 0.1) is 0 Å². The Kier molecular flexibility index (Phi) is 26.1. The number of imide groups is 1. The lowest BCUT2D eigenvalue weighted by atomic mass is 10.1. The van der Waals surface area contributed by atoms with Crippen LogP contribution < -0.4 is 5.32 Å². The lowest BCUT2D eigenvalue weighted by molar-refractivity contribution is -0.198. The molecule has 0 aliphatic carbocycles. The molecule has 0 spiro atoms. The van der Waals surface area contributed by atoms with Crippen molar-refractivity contribution < 1.29 is 80.9 Å². The predicted molar refractivity (Wildman–Crippen MR) is 211 cm³/mol. The highest BCUT2D eigenvalue weighted by molar-refractivity contribution is 6.01. The second kappa shape index (κ2) is 32.2. The molecule has 23 heteroatoms. The van der Waals surface area contributed by atoms with E-state index in [9.17, 15) is 19.2 Å². The van der Waals surface area contributed by atoms with E-state index in [1.807, 2.05) is 12.2 Å². The van der Waals surface area contributed by atoms with Crippen molar-refractivity contribution in [1.82, 2.24) is 30.8 Å². The first-order chi connectivity index (χ1) is 30.5. The summed E-state index contributed by atoms with van der Waals surface area (Å²) < 4.78 is 65.8. The molecule has 1 aromatic rings. The van der Waals surface area contributed by atoms with Crippen LogP contribution in [-0.2, 0) is 76.1 Å². The highest BCUT2D eigenvalue weighted by Crippen LogP contribution is 2.23. The fourth-order valence-electron chi connectivity index (χ4n) is 5.36. The SMILES string of the molecule is O=C(CCOCCOCCOCCOCCOCCOCCOCCOCCOCCNC(=O)OCC1CCC=C(c2nnc(C3=CCCCO3)nn2)O1)ON1C(=O)CCC1=O. The average molecular weight is 885 g/mol. The molecule has 348 valence electrons. The Morgan fingerprint density at radius 2 is 1.06 bits per heavy atom. The van der Waals surface area contributed by atoms with Crippen molar-refractivity contribution in [2.45, 2.75) is 51.0 Å². The standard InChI is InChI=1S/C39H60N6O17/c46-34-7-8-35(47)45(34)62-36(48)9-12-50-14-16-52-18-20-54-22-24-56-26-28-58-29-27-57-25-23-55-21-19-53-17-15-51-13-10-40-39(49)60-30-31-4-3-6-33(61-31)38-43-41-37(42-44-38)32-5-1-2-11-59-32/h5-6,31H,1-4,7-30H2,(H,40,49). The topological polar surface area (TPSA) is 255 Å². The van der Waals surface area contributed by atoms with Gasteiger partial charge in [-0.1, -0.05) is 0 Å². The normalized spacial score (nSPS) is 16.4. The van der Waals surface area contributed by atoms with E-state index in [1.165, 1.54) is 0 Å². The van der Waals surface area contributed by atoms with Gasteiger partial charge in [0.2, 0.25) is 11.6 Å². The quantitative estimate of drug-likeness (QED) is 0.0731. The zero-order chi connectivity index (χ0) is 43.7. The maximum Gasteiger partial charge on any atom is 0.407 e. The first-order valence-corrected chi connectivity index (χ1v) is 20.9. The molecule has 0 bridgehead atoms. The fourth-order valence-corrected chi connectivity index (χ4v) is 5.36. The van der Waals surface area contributed by atoms with Gasteiger partial charge in [0.05, 0.1) is 132 Å². The number of hydrogen-bond donors (Lipinski definition) is 1. The Labute approximate surface area is 360 Å². The van der Waals surface area contributed by atoms with E-state index in [4.69, 9.17) is 61.7 Å². The summed E-state index contributed by atoms with van der Waals surface area (Å²) in [5, 5.41) is 19.6. The number of hydroxylamine groups is 2. The van der Waals surface area contributed by atoms with Crippen molar-refractivity contribution in [3.8, 4) is 0 Å². The minimum atomic E-state index is -0.707. The summed E-state index contributed by atoms with van der Waals surface area (Å²) >= 11 is 0. The zero-order valence-corrected chi connectivity index (χ0v) is 35.2. The highest BCUT2D eigenvalue weighted by atomic mass is 16.7. The van der Waals surface area contributed by atoms with E-state index in [0.717, 1.165) is 12.8 Å². The average Bonchev–Trinajstić information content (AvgIpc) is 3.61. The minimum Gasteiger partial charge on any atom is -0.490 e. The number of amides is 3. The molecule has 3 aliphatic rings. The smallest absolute Gasteiger partial charge is 0.407 e. The Morgan fingerprint density at radius 3 is 1.55 bits per heavy atom. The molecular weight excluding hydrogens is 824 g/mol. The number of nitrogens with zero attached hydrogens (tertiary/aromatic N) is 5. The van der Waals surface area contributed by atoms with Crippen molar-refractivity contribution in [2.75, 3.05) is 139 Å². The lowest BCUT2D eigenvalue weighted by Gasteiger charge is -2.23. The molecule has 0 aromatic carbocycles. The molecule has 0 radical (unpaired) electrons. The first kappa shape index (κ1) is 50.2. The fraction of sp³-hybridized carbons (Fsp3) is 0.744. The summed E-state index contributed by atoms with van der Waals surface area (Å²) in [5.74, 6) is -0.108. The van der Waals surface area contributed by atoms with Crippen LogP contribution in [0.3, 0.4) is 0 Å². The molecule has 3 amide bonds. The summed E-state index contributed by atoms with van der Waals surface area (Å²) in [4.78, 5) is 51.4. The molecule has 1 atom stereocenters. The summed E-state index contributed by atoms with van der Waals surface area (Å²) in [6.07, 6.45) is 6.15. The second-order valence-corrected chi connectivity index (χ2v) is 13.3. The number of carbonyl (C=O) groups excluding carboxylic acids is 4. The van der Waals surface area contributed by atoms with Crippen molar-refractivity contribution in [2.24, 2.45) is 0 Å². The third-order valence-electron chi connectivity index (χ3n) is 8.51. The molecule has 1 aromatic heterocycles. The van der Waals surface area contributed by atoms with E-state index >= 15 is 0 Å². The van der Waals surface area contributed by atoms with Crippen molar-refractivity contribution >= 4 is 35.4 Å². The number of allylic oxidation sites excluding steroid dienone is 2. The van der Waals surface area contributed by atoms with E-state index in [1.54, 1.807) is 0 Å². The van der Waals surface area contributed by atoms with E-state index in [0.29, 0.717) is 148 Å². The van der Waals surface area contributed by atoms with E-state index < -0.39 is 23.9 Å². The third-order valence-corrected chi connectivity index (χ3v) is 8.51. The summed E-state index contributed by atoms with van der Waals surface area (Å²) in [6, 6.07) is 0. The van der Waals surface area contributed by atoms with Gasteiger partial charge in [0, 0.05) is 19.4 Å². The molecule has 3 aliphatic heterocycles. The van der Waals surface area contributed by atoms with Gasteiger partial charge in [-0.05, 0) is 37.8 Å². The van der Waals surface area contributed by atoms with E-state index in [2.05, 4.69) is 25.7 Å². The minimum absolute atomic E-state index is 0.0515. The third kappa shape index (κ3) is 22.1. The monoisotopic (exact) mass is 884 g/mol. The van der Waals surface area contributed by atoms with Crippen LogP contribution in [0.15, 0.2) is 12.2 Å². The van der Waals surface area contributed by atoms with Crippen LogP contribution in [0.25, 0.3) is 11.5 Å². The van der Waals surface area contributed by atoms with Crippen molar-refractivity contribution in [1.29, 1.82) is 0 Å². The van der Waals surface area contributed by atoms with E-state index in [-0.39, 0.29) is 57.6 Å². The molecule has 4 heterocycles. The van der Waals surface area contributed by atoms with Gasteiger partial charge in [-0.15, -0.1) is 25.5 Å². The molecule has 4 rings (SSSR count). The van der Waals surface area contributed by atoms with Crippen LogP contribution >= 0.6 is 0 Å². The van der Waals surface area contributed by atoms with Gasteiger partial charge in [-0.3, -0.25) is 9.59 Å². The van der Waals surface area contributed by atoms with Crippen molar-refractivity contribution in [3.63, 3.8) is 0 Å². The van der Waals surface area contributed by atoms with Crippen LogP contribution in [0.2, 0.25) is 0 Å². The predicted octanol–water partition coefficient (Wildman–Crippen LogP) is 0.811. The Bertz CT molecular complexity index is 1490. The van der Waals surface area contributed by atoms with Crippen LogP contribution in [0.5, 0.6) is 0 Å². The van der Waals surface area contributed by atoms with Gasteiger partial charge in [0.25, 0.3) is 11.8 Å².